The lowest BCUT2D eigenvalue weighted by Gasteiger charge is -2.28. The largest absolute Gasteiger partial charge is 0.392 e. The van der Waals surface area contributed by atoms with Gasteiger partial charge in [-0.3, -0.25) is 0 Å². The molecule has 3 unspecified atom stereocenters. The van der Waals surface area contributed by atoms with Crippen LogP contribution in [0.1, 0.15) is 46.0 Å². The molecule has 0 aromatic carbocycles. The highest BCUT2D eigenvalue weighted by Crippen LogP contribution is 2.23. The Bertz CT molecular complexity index is 235. The molecule has 16 heavy (non-hydrogen) atoms. The van der Waals surface area contributed by atoms with Crippen LogP contribution >= 0.6 is 0 Å². The van der Waals surface area contributed by atoms with Crippen LogP contribution < -0.4 is 5.32 Å². The monoisotopic (exact) mass is 224 g/mol. The van der Waals surface area contributed by atoms with Gasteiger partial charge in [0, 0.05) is 12.6 Å². The fourth-order valence-corrected chi connectivity index (χ4v) is 2.44. The Morgan fingerprint density at radius 3 is 2.69 bits per heavy atom. The number of rotatable bonds is 5. The van der Waals surface area contributed by atoms with Crippen LogP contribution in [-0.2, 0) is 0 Å². The number of hydrogen-bond donors (Lipinski definition) is 2. The molecule has 0 bridgehead atoms. The van der Waals surface area contributed by atoms with Gasteiger partial charge in [0.15, 0.2) is 0 Å². The lowest BCUT2D eigenvalue weighted by molar-refractivity contribution is 0.136. The van der Waals surface area contributed by atoms with Gasteiger partial charge in [-0.05, 0) is 25.2 Å². The molecule has 0 heterocycles. The molecule has 0 aromatic heterocycles. The molecular formula is C13H24N2O. The van der Waals surface area contributed by atoms with Crippen LogP contribution in [0.3, 0.4) is 0 Å². The second-order valence-corrected chi connectivity index (χ2v) is 5.32. The third kappa shape index (κ3) is 4.51. The van der Waals surface area contributed by atoms with Crippen molar-refractivity contribution in [2.75, 3.05) is 6.54 Å². The van der Waals surface area contributed by atoms with E-state index in [1.807, 2.05) is 0 Å². The SMILES string of the molecule is CC(C)CC(O)CNC1CCCCC1C#N. The summed E-state index contributed by atoms with van der Waals surface area (Å²) in [5.74, 6) is 0.662. The van der Waals surface area contributed by atoms with Crippen molar-refractivity contribution in [3.05, 3.63) is 0 Å². The van der Waals surface area contributed by atoms with E-state index in [0.29, 0.717) is 18.5 Å². The molecule has 1 fully saturated rings. The average molecular weight is 224 g/mol. The molecule has 2 N–H and O–H groups in total. The maximum atomic E-state index is 9.76. The average Bonchev–Trinajstić information content (AvgIpc) is 2.26. The Labute approximate surface area is 98.8 Å². The van der Waals surface area contributed by atoms with Crippen molar-refractivity contribution in [1.29, 1.82) is 5.26 Å². The molecule has 1 aliphatic rings. The normalized spacial score (nSPS) is 27.7. The van der Waals surface area contributed by atoms with E-state index >= 15 is 0 Å². The van der Waals surface area contributed by atoms with E-state index in [1.165, 1.54) is 12.8 Å². The van der Waals surface area contributed by atoms with Crippen LogP contribution in [0, 0.1) is 23.2 Å². The van der Waals surface area contributed by atoms with E-state index < -0.39 is 0 Å². The fraction of sp³-hybridized carbons (Fsp3) is 0.923. The van der Waals surface area contributed by atoms with Gasteiger partial charge in [-0.2, -0.15) is 5.26 Å². The Morgan fingerprint density at radius 1 is 1.38 bits per heavy atom. The van der Waals surface area contributed by atoms with Gasteiger partial charge in [0.1, 0.15) is 0 Å². The van der Waals surface area contributed by atoms with Crippen molar-refractivity contribution in [2.45, 2.75) is 58.1 Å². The minimum absolute atomic E-state index is 0.139. The summed E-state index contributed by atoms with van der Waals surface area (Å²) in [5, 5.41) is 22.1. The molecule has 0 aromatic rings. The minimum Gasteiger partial charge on any atom is -0.392 e. The lowest BCUT2D eigenvalue weighted by atomic mass is 9.85. The molecule has 0 amide bonds. The van der Waals surface area contributed by atoms with E-state index in [1.54, 1.807) is 0 Å². The molecule has 0 saturated heterocycles. The summed E-state index contributed by atoms with van der Waals surface area (Å²) in [6, 6.07) is 2.67. The second-order valence-electron chi connectivity index (χ2n) is 5.32. The Balaban J connectivity index is 2.27. The molecule has 92 valence electrons. The third-order valence-electron chi connectivity index (χ3n) is 3.29. The van der Waals surface area contributed by atoms with E-state index in [0.717, 1.165) is 19.3 Å². The van der Waals surface area contributed by atoms with Crippen LogP contribution in [0.25, 0.3) is 0 Å². The smallest absolute Gasteiger partial charge is 0.0672 e. The summed E-state index contributed by atoms with van der Waals surface area (Å²) in [7, 11) is 0. The summed E-state index contributed by atoms with van der Waals surface area (Å²) in [5.41, 5.74) is 0. The highest BCUT2D eigenvalue weighted by atomic mass is 16.3. The van der Waals surface area contributed by atoms with Crippen molar-refractivity contribution >= 4 is 0 Å². The molecular weight excluding hydrogens is 200 g/mol. The van der Waals surface area contributed by atoms with E-state index in [9.17, 15) is 5.11 Å². The fourth-order valence-electron chi connectivity index (χ4n) is 2.44. The van der Waals surface area contributed by atoms with Crippen molar-refractivity contribution in [1.82, 2.24) is 5.32 Å². The number of nitrogens with one attached hydrogen (secondary N) is 1. The predicted octanol–water partition coefficient (Wildman–Crippen LogP) is 2.07. The number of aliphatic hydroxyl groups is 1. The van der Waals surface area contributed by atoms with Gasteiger partial charge in [-0.1, -0.05) is 26.7 Å². The van der Waals surface area contributed by atoms with E-state index in [-0.39, 0.29) is 12.0 Å². The van der Waals surface area contributed by atoms with Gasteiger partial charge in [0.05, 0.1) is 18.1 Å². The van der Waals surface area contributed by atoms with Gasteiger partial charge < -0.3 is 10.4 Å². The highest BCUT2D eigenvalue weighted by molar-refractivity contribution is 4.94. The Morgan fingerprint density at radius 2 is 2.06 bits per heavy atom. The highest BCUT2D eigenvalue weighted by Gasteiger charge is 2.24. The van der Waals surface area contributed by atoms with Crippen LogP contribution in [0.5, 0.6) is 0 Å². The molecule has 1 rings (SSSR count). The second kappa shape index (κ2) is 6.88. The standard InChI is InChI=1S/C13H24N2O/c1-10(2)7-12(16)9-15-13-6-4-3-5-11(13)8-14/h10-13,15-16H,3-7,9H2,1-2H3. The first kappa shape index (κ1) is 13.5. The summed E-state index contributed by atoms with van der Waals surface area (Å²) in [6.45, 7) is 4.85. The molecule has 0 radical (unpaired) electrons. The zero-order valence-corrected chi connectivity index (χ0v) is 10.4. The van der Waals surface area contributed by atoms with Gasteiger partial charge >= 0.3 is 0 Å². The topological polar surface area (TPSA) is 56.0 Å². The summed E-state index contributed by atoms with van der Waals surface area (Å²) in [6.07, 6.45) is 5.01. The molecule has 1 saturated carbocycles. The molecule has 1 aliphatic carbocycles. The summed E-state index contributed by atoms with van der Waals surface area (Å²) < 4.78 is 0. The van der Waals surface area contributed by atoms with Crippen LogP contribution in [0.4, 0.5) is 0 Å². The van der Waals surface area contributed by atoms with Crippen LogP contribution in [0.15, 0.2) is 0 Å². The maximum absolute atomic E-state index is 9.76. The number of hydrogen-bond acceptors (Lipinski definition) is 3. The van der Waals surface area contributed by atoms with Crippen molar-refractivity contribution in [3.63, 3.8) is 0 Å². The molecule has 0 aliphatic heterocycles. The maximum Gasteiger partial charge on any atom is 0.0672 e. The number of nitriles is 1. The van der Waals surface area contributed by atoms with Gasteiger partial charge in [-0.25, -0.2) is 0 Å². The molecule has 3 nitrogen and oxygen atoms in total. The number of nitrogens with zero attached hydrogens (tertiary/aromatic N) is 1. The van der Waals surface area contributed by atoms with Gasteiger partial charge in [-0.15, -0.1) is 0 Å². The zero-order chi connectivity index (χ0) is 12.0. The van der Waals surface area contributed by atoms with E-state index in [2.05, 4.69) is 25.2 Å². The quantitative estimate of drug-likeness (QED) is 0.751. The summed E-state index contributed by atoms with van der Waals surface area (Å²) in [4.78, 5) is 0. The summed E-state index contributed by atoms with van der Waals surface area (Å²) >= 11 is 0. The van der Waals surface area contributed by atoms with Crippen molar-refractivity contribution in [2.24, 2.45) is 11.8 Å². The first-order chi connectivity index (χ1) is 7.63. The molecule has 0 spiro atoms. The minimum atomic E-state index is -0.277. The van der Waals surface area contributed by atoms with Crippen molar-refractivity contribution in [3.8, 4) is 6.07 Å². The first-order valence-corrected chi connectivity index (χ1v) is 6.44. The van der Waals surface area contributed by atoms with Gasteiger partial charge in [0.25, 0.3) is 0 Å². The number of aliphatic hydroxyl groups excluding tert-OH is 1. The predicted molar refractivity (Wildman–Crippen MR) is 64.8 cm³/mol. The van der Waals surface area contributed by atoms with E-state index in [4.69, 9.17) is 5.26 Å². The Hall–Kier alpha value is -0.590. The Kier molecular flexibility index (Phi) is 5.79. The van der Waals surface area contributed by atoms with Crippen LogP contribution in [0.2, 0.25) is 0 Å². The van der Waals surface area contributed by atoms with Gasteiger partial charge in [0.2, 0.25) is 0 Å². The third-order valence-corrected chi connectivity index (χ3v) is 3.29. The first-order valence-electron chi connectivity index (χ1n) is 6.44. The lowest BCUT2D eigenvalue weighted by Crippen LogP contribution is -2.42. The van der Waals surface area contributed by atoms with Crippen LogP contribution in [-0.4, -0.2) is 23.8 Å². The zero-order valence-electron chi connectivity index (χ0n) is 10.4. The molecule has 3 heteroatoms. The van der Waals surface area contributed by atoms with Crippen molar-refractivity contribution < 1.29 is 5.11 Å². The molecule has 3 atom stereocenters.